The lowest BCUT2D eigenvalue weighted by Crippen LogP contribution is -2.02. The van der Waals surface area contributed by atoms with Gasteiger partial charge in [0.05, 0.1) is 18.2 Å². The quantitative estimate of drug-likeness (QED) is 0.849. The average Bonchev–Trinajstić information content (AvgIpc) is 2.46. The van der Waals surface area contributed by atoms with Gasteiger partial charge in [-0.1, -0.05) is 6.07 Å². The van der Waals surface area contributed by atoms with Crippen LogP contribution in [0.5, 0.6) is 5.75 Å². The molecule has 0 saturated carbocycles. The molecule has 2 N–H and O–H groups in total. The summed E-state index contributed by atoms with van der Waals surface area (Å²) in [7, 11) is 1.19. The molecule has 0 heterocycles. The number of rotatable bonds is 3. The molecule has 0 saturated heterocycles. The zero-order valence-corrected chi connectivity index (χ0v) is 11.0. The SMILES string of the molecule is COC(=O)c1ccc(-c2ccc(C(=O)O)cc2O)c(F)c1. The predicted molar refractivity (Wildman–Crippen MR) is 71.8 cm³/mol. The molecule has 2 aromatic rings. The van der Waals surface area contributed by atoms with E-state index in [4.69, 9.17) is 5.11 Å². The molecule has 0 radical (unpaired) electrons. The molecule has 0 unspecified atom stereocenters. The summed E-state index contributed by atoms with van der Waals surface area (Å²) in [4.78, 5) is 22.1. The van der Waals surface area contributed by atoms with Gasteiger partial charge in [-0.3, -0.25) is 0 Å². The van der Waals surface area contributed by atoms with Gasteiger partial charge in [-0.2, -0.15) is 0 Å². The Hall–Kier alpha value is -2.89. The fraction of sp³-hybridized carbons (Fsp3) is 0.0667. The molecule has 21 heavy (non-hydrogen) atoms. The van der Waals surface area contributed by atoms with E-state index in [1.54, 1.807) is 0 Å². The Morgan fingerprint density at radius 1 is 1.05 bits per heavy atom. The van der Waals surface area contributed by atoms with Crippen molar-refractivity contribution in [1.29, 1.82) is 0 Å². The average molecular weight is 290 g/mol. The van der Waals surface area contributed by atoms with Crippen molar-refractivity contribution in [2.75, 3.05) is 7.11 Å². The third-order valence-electron chi connectivity index (χ3n) is 2.93. The number of methoxy groups -OCH3 is 1. The Morgan fingerprint density at radius 2 is 1.67 bits per heavy atom. The first-order chi connectivity index (χ1) is 9.93. The number of esters is 1. The van der Waals surface area contributed by atoms with Crippen LogP contribution in [-0.2, 0) is 4.74 Å². The molecule has 6 heteroatoms. The van der Waals surface area contributed by atoms with Crippen LogP contribution in [0.3, 0.4) is 0 Å². The monoisotopic (exact) mass is 290 g/mol. The van der Waals surface area contributed by atoms with E-state index in [0.29, 0.717) is 0 Å². The van der Waals surface area contributed by atoms with Crippen LogP contribution in [-0.4, -0.2) is 29.3 Å². The van der Waals surface area contributed by atoms with Crippen LogP contribution >= 0.6 is 0 Å². The molecule has 0 bridgehead atoms. The maximum Gasteiger partial charge on any atom is 0.337 e. The van der Waals surface area contributed by atoms with E-state index in [0.717, 1.165) is 12.1 Å². The van der Waals surface area contributed by atoms with Gasteiger partial charge in [0, 0.05) is 11.1 Å². The number of hydrogen-bond donors (Lipinski definition) is 2. The smallest absolute Gasteiger partial charge is 0.337 e. The predicted octanol–water partition coefficient (Wildman–Crippen LogP) is 2.68. The number of hydrogen-bond acceptors (Lipinski definition) is 4. The van der Waals surface area contributed by atoms with Crippen LogP contribution in [0, 0.1) is 5.82 Å². The summed E-state index contributed by atoms with van der Waals surface area (Å²) in [5, 5.41) is 18.6. The van der Waals surface area contributed by atoms with Gasteiger partial charge in [0.2, 0.25) is 0 Å². The molecule has 0 spiro atoms. The first kappa shape index (κ1) is 14.5. The summed E-state index contributed by atoms with van der Waals surface area (Å²) in [5.74, 6) is -2.96. The van der Waals surface area contributed by atoms with E-state index in [9.17, 15) is 19.1 Å². The Kier molecular flexibility index (Phi) is 3.89. The third kappa shape index (κ3) is 2.84. The number of carbonyl (C=O) groups is 2. The summed E-state index contributed by atoms with van der Waals surface area (Å²) < 4.78 is 18.5. The van der Waals surface area contributed by atoms with E-state index in [-0.39, 0.29) is 28.0 Å². The van der Waals surface area contributed by atoms with E-state index in [2.05, 4.69) is 4.74 Å². The van der Waals surface area contributed by atoms with Gasteiger partial charge in [-0.25, -0.2) is 14.0 Å². The highest BCUT2D eigenvalue weighted by molar-refractivity contribution is 5.91. The number of phenolic OH excluding ortho intramolecular Hbond substituents is 1. The second-order valence-corrected chi connectivity index (χ2v) is 4.22. The molecular weight excluding hydrogens is 279 g/mol. The van der Waals surface area contributed by atoms with E-state index < -0.39 is 17.8 Å². The minimum atomic E-state index is -1.20. The number of aromatic hydroxyl groups is 1. The standard InChI is InChI=1S/C15H11FO5/c1-21-15(20)9-3-4-10(12(16)6-9)11-5-2-8(14(18)19)7-13(11)17/h2-7,17H,1H3,(H,18,19). The summed E-state index contributed by atoms with van der Waals surface area (Å²) in [6.07, 6.45) is 0. The third-order valence-corrected chi connectivity index (χ3v) is 2.93. The Labute approximate surface area is 119 Å². The number of carboxylic acids is 1. The van der Waals surface area contributed by atoms with Crippen molar-refractivity contribution in [3.8, 4) is 16.9 Å². The zero-order valence-electron chi connectivity index (χ0n) is 11.0. The van der Waals surface area contributed by atoms with Gasteiger partial charge in [0.25, 0.3) is 0 Å². The van der Waals surface area contributed by atoms with Crippen molar-refractivity contribution >= 4 is 11.9 Å². The number of benzene rings is 2. The first-order valence-electron chi connectivity index (χ1n) is 5.88. The molecule has 5 nitrogen and oxygen atoms in total. The fourth-order valence-electron chi connectivity index (χ4n) is 1.87. The fourth-order valence-corrected chi connectivity index (χ4v) is 1.87. The topological polar surface area (TPSA) is 83.8 Å². The van der Waals surface area contributed by atoms with Crippen molar-refractivity contribution in [3.05, 3.63) is 53.3 Å². The van der Waals surface area contributed by atoms with E-state index in [1.807, 2.05) is 0 Å². The molecule has 108 valence electrons. The molecule has 2 aromatic carbocycles. The van der Waals surface area contributed by atoms with Crippen LogP contribution in [0.1, 0.15) is 20.7 Å². The van der Waals surface area contributed by atoms with Gasteiger partial charge in [0.1, 0.15) is 11.6 Å². The van der Waals surface area contributed by atoms with Crippen LogP contribution in [0.25, 0.3) is 11.1 Å². The van der Waals surface area contributed by atoms with Gasteiger partial charge >= 0.3 is 11.9 Å². The van der Waals surface area contributed by atoms with Gasteiger partial charge < -0.3 is 14.9 Å². The number of ether oxygens (including phenoxy) is 1. The van der Waals surface area contributed by atoms with Gasteiger partial charge in [-0.05, 0) is 30.3 Å². The molecule has 0 aromatic heterocycles. The summed E-state index contributed by atoms with van der Waals surface area (Å²) in [6, 6.07) is 7.25. The summed E-state index contributed by atoms with van der Waals surface area (Å²) >= 11 is 0. The van der Waals surface area contributed by atoms with Crippen molar-refractivity contribution in [2.45, 2.75) is 0 Å². The van der Waals surface area contributed by atoms with Crippen LogP contribution < -0.4 is 0 Å². The van der Waals surface area contributed by atoms with Crippen LogP contribution in [0.15, 0.2) is 36.4 Å². The minimum absolute atomic E-state index is 0.0420. The highest BCUT2D eigenvalue weighted by atomic mass is 19.1. The lowest BCUT2D eigenvalue weighted by Gasteiger charge is -2.08. The number of aromatic carboxylic acids is 1. The minimum Gasteiger partial charge on any atom is -0.507 e. The number of phenols is 1. The molecule has 2 rings (SSSR count). The number of carboxylic acid groups (broad SMARTS) is 1. The zero-order chi connectivity index (χ0) is 15.6. The second-order valence-electron chi connectivity index (χ2n) is 4.22. The highest BCUT2D eigenvalue weighted by Gasteiger charge is 2.15. The maximum atomic E-state index is 14.0. The first-order valence-corrected chi connectivity index (χ1v) is 5.88. The lowest BCUT2D eigenvalue weighted by atomic mass is 10.0. The summed E-state index contributed by atoms with van der Waals surface area (Å²) in [5.41, 5.74) is 0.120. The van der Waals surface area contributed by atoms with Crippen molar-refractivity contribution in [1.82, 2.24) is 0 Å². The normalized spacial score (nSPS) is 10.2. The van der Waals surface area contributed by atoms with Crippen LogP contribution in [0.4, 0.5) is 4.39 Å². The van der Waals surface area contributed by atoms with E-state index >= 15 is 0 Å². The molecule has 0 amide bonds. The molecular formula is C15H11FO5. The molecule has 0 aliphatic heterocycles. The van der Waals surface area contributed by atoms with Gasteiger partial charge in [-0.15, -0.1) is 0 Å². The Balaban J connectivity index is 2.47. The van der Waals surface area contributed by atoms with Gasteiger partial charge in [0.15, 0.2) is 0 Å². The van der Waals surface area contributed by atoms with Crippen molar-refractivity contribution < 1.29 is 28.9 Å². The van der Waals surface area contributed by atoms with Crippen molar-refractivity contribution in [3.63, 3.8) is 0 Å². The van der Waals surface area contributed by atoms with E-state index in [1.165, 1.54) is 31.4 Å². The Bertz CT molecular complexity index is 724. The molecule has 0 aliphatic carbocycles. The molecule has 0 aliphatic rings. The molecule has 0 fully saturated rings. The lowest BCUT2D eigenvalue weighted by molar-refractivity contribution is 0.0599. The number of carbonyl (C=O) groups excluding carboxylic acids is 1. The van der Waals surface area contributed by atoms with Crippen molar-refractivity contribution in [2.24, 2.45) is 0 Å². The molecule has 0 atom stereocenters. The Morgan fingerprint density at radius 3 is 2.19 bits per heavy atom. The summed E-state index contributed by atoms with van der Waals surface area (Å²) in [6.45, 7) is 0. The highest BCUT2D eigenvalue weighted by Crippen LogP contribution is 2.32. The maximum absolute atomic E-state index is 14.0. The van der Waals surface area contributed by atoms with Crippen LogP contribution in [0.2, 0.25) is 0 Å². The second kappa shape index (κ2) is 5.62. The largest absolute Gasteiger partial charge is 0.507 e. The number of halogens is 1.